The number of hydrogen-bond acceptors (Lipinski definition) is 3. The van der Waals surface area contributed by atoms with E-state index >= 15 is 0 Å². The predicted molar refractivity (Wildman–Crippen MR) is 65.8 cm³/mol. The highest BCUT2D eigenvalue weighted by Crippen LogP contribution is 2.28. The smallest absolute Gasteiger partial charge is 0.238 e. The topological polar surface area (TPSA) is 73.1 Å². The molecule has 0 amide bonds. The first-order chi connectivity index (χ1) is 8.00. The van der Waals surface area contributed by atoms with E-state index in [9.17, 15) is 8.42 Å². The van der Waals surface area contributed by atoms with Gasteiger partial charge in [0.05, 0.1) is 10.6 Å². The highest BCUT2D eigenvalue weighted by atomic mass is 32.2. The molecular weight excluding hydrogens is 236 g/mol. The molecule has 17 heavy (non-hydrogen) atoms. The van der Waals surface area contributed by atoms with Gasteiger partial charge in [-0.05, 0) is 30.7 Å². The van der Waals surface area contributed by atoms with Crippen molar-refractivity contribution < 1.29 is 8.42 Å². The first-order valence-electron chi connectivity index (χ1n) is 5.04. The number of pyridine rings is 1. The molecule has 1 aromatic heterocycles. The molecule has 2 aromatic rings. The van der Waals surface area contributed by atoms with Gasteiger partial charge in [0, 0.05) is 11.8 Å². The van der Waals surface area contributed by atoms with Gasteiger partial charge in [0.1, 0.15) is 0 Å². The third-order valence-electron chi connectivity index (χ3n) is 2.46. The molecule has 2 rings (SSSR count). The van der Waals surface area contributed by atoms with E-state index in [4.69, 9.17) is 5.14 Å². The predicted octanol–water partition coefficient (Wildman–Crippen LogP) is 1.70. The molecule has 0 saturated heterocycles. The van der Waals surface area contributed by atoms with Crippen molar-refractivity contribution in [2.24, 2.45) is 5.14 Å². The van der Waals surface area contributed by atoms with Crippen LogP contribution in [0.1, 0.15) is 5.56 Å². The van der Waals surface area contributed by atoms with E-state index in [1.54, 1.807) is 24.4 Å². The molecule has 0 fully saturated rings. The van der Waals surface area contributed by atoms with E-state index in [0.717, 1.165) is 5.56 Å². The number of primary sulfonamides is 1. The maximum atomic E-state index is 11.5. The summed E-state index contributed by atoms with van der Waals surface area (Å²) in [6.45, 7) is 1.83. The maximum Gasteiger partial charge on any atom is 0.238 e. The van der Waals surface area contributed by atoms with Crippen molar-refractivity contribution in [3.8, 4) is 11.3 Å². The molecule has 0 atom stereocenters. The molecular formula is C12H12N2O2S. The van der Waals surface area contributed by atoms with Gasteiger partial charge in [0.15, 0.2) is 0 Å². The maximum absolute atomic E-state index is 11.5. The fourth-order valence-electron chi connectivity index (χ4n) is 1.72. The lowest BCUT2D eigenvalue weighted by molar-refractivity contribution is 0.598. The van der Waals surface area contributed by atoms with Gasteiger partial charge < -0.3 is 0 Å². The zero-order valence-electron chi connectivity index (χ0n) is 9.29. The van der Waals surface area contributed by atoms with Crippen LogP contribution in [0.2, 0.25) is 0 Å². The van der Waals surface area contributed by atoms with Gasteiger partial charge in [-0.1, -0.05) is 18.2 Å². The molecule has 2 N–H and O–H groups in total. The molecule has 4 nitrogen and oxygen atoms in total. The number of nitrogens with zero attached hydrogens (tertiary/aromatic N) is 1. The number of nitrogens with two attached hydrogens (primary N) is 1. The van der Waals surface area contributed by atoms with E-state index < -0.39 is 10.0 Å². The fraction of sp³-hybridized carbons (Fsp3) is 0.0833. The molecule has 0 saturated carbocycles. The van der Waals surface area contributed by atoms with Crippen molar-refractivity contribution in [1.82, 2.24) is 4.98 Å². The largest absolute Gasteiger partial charge is 0.256 e. The van der Waals surface area contributed by atoms with Crippen LogP contribution in [0.25, 0.3) is 11.3 Å². The summed E-state index contributed by atoms with van der Waals surface area (Å²) in [6, 6.07) is 10.3. The summed E-state index contributed by atoms with van der Waals surface area (Å²) in [5, 5.41) is 5.21. The Morgan fingerprint density at radius 1 is 1.12 bits per heavy atom. The Hall–Kier alpha value is -1.72. The summed E-state index contributed by atoms with van der Waals surface area (Å²) in [7, 11) is -3.74. The standard InChI is InChI=1S/C12H12N2O2S/c1-9-5-4-7-11(17(13,15)16)12(9)10-6-2-3-8-14-10/h2-8H,1H3,(H2,13,15,16). The van der Waals surface area contributed by atoms with Gasteiger partial charge in [0.25, 0.3) is 0 Å². The third kappa shape index (κ3) is 2.35. The van der Waals surface area contributed by atoms with Crippen LogP contribution in [0, 0.1) is 6.92 Å². The molecule has 0 unspecified atom stereocenters. The molecule has 0 aliphatic carbocycles. The van der Waals surface area contributed by atoms with E-state index in [0.29, 0.717) is 11.3 Å². The quantitative estimate of drug-likeness (QED) is 0.879. The lowest BCUT2D eigenvalue weighted by Crippen LogP contribution is -2.14. The minimum Gasteiger partial charge on any atom is -0.256 e. The SMILES string of the molecule is Cc1cccc(S(N)(=O)=O)c1-c1ccccn1. The fourth-order valence-corrected chi connectivity index (χ4v) is 2.54. The van der Waals surface area contributed by atoms with Crippen molar-refractivity contribution >= 4 is 10.0 Å². The normalized spacial score (nSPS) is 11.4. The van der Waals surface area contributed by atoms with Crippen LogP contribution in [-0.2, 0) is 10.0 Å². The Kier molecular flexibility index (Phi) is 2.95. The van der Waals surface area contributed by atoms with Crippen LogP contribution < -0.4 is 5.14 Å². The van der Waals surface area contributed by atoms with E-state index in [-0.39, 0.29) is 4.90 Å². The van der Waals surface area contributed by atoms with Gasteiger partial charge in [-0.2, -0.15) is 0 Å². The second-order valence-corrected chi connectivity index (χ2v) is 5.24. The lowest BCUT2D eigenvalue weighted by Gasteiger charge is -2.10. The zero-order chi connectivity index (χ0) is 12.5. The van der Waals surface area contributed by atoms with Crippen molar-refractivity contribution in [2.45, 2.75) is 11.8 Å². The Morgan fingerprint density at radius 2 is 1.88 bits per heavy atom. The van der Waals surface area contributed by atoms with E-state index in [1.165, 1.54) is 6.07 Å². The van der Waals surface area contributed by atoms with Gasteiger partial charge in [0.2, 0.25) is 10.0 Å². The molecule has 1 heterocycles. The average Bonchev–Trinajstić information content (AvgIpc) is 2.28. The number of rotatable bonds is 2. The Labute approximate surface area is 100 Å². The molecule has 1 aromatic carbocycles. The Balaban J connectivity index is 2.78. The first-order valence-corrected chi connectivity index (χ1v) is 6.58. The second kappa shape index (κ2) is 4.27. The zero-order valence-corrected chi connectivity index (χ0v) is 10.1. The lowest BCUT2D eigenvalue weighted by atomic mass is 10.1. The van der Waals surface area contributed by atoms with Crippen LogP contribution in [0.4, 0.5) is 0 Å². The number of aromatic nitrogens is 1. The van der Waals surface area contributed by atoms with Crippen LogP contribution in [0.5, 0.6) is 0 Å². The highest BCUT2D eigenvalue weighted by molar-refractivity contribution is 7.89. The second-order valence-electron chi connectivity index (χ2n) is 3.71. The van der Waals surface area contributed by atoms with E-state index in [2.05, 4.69) is 4.98 Å². The Morgan fingerprint density at radius 3 is 2.47 bits per heavy atom. The number of aryl methyl sites for hydroxylation is 1. The molecule has 0 radical (unpaired) electrons. The van der Waals surface area contributed by atoms with Gasteiger partial charge in [-0.15, -0.1) is 0 Å². The summed E-state index contributed by atoms with van der Waals surface area (Å²) in [4.78, 5) is 4.27. The monoisotopic (exact) mass is 248 g/mol. The van der Waals surface area contributed by atoms with Crippen LogP contribution in [0.3, 0.4) is 0 Å². The van der Waals surface area contributed by atoms with Crippen molar-refractivity contribution in [1.29, 1.82) is 0 Å². The van der Waals surface area contributed by atoms with Gasteiger partial charge in [-0.25, -0.2) is 13.6 Å². The summed E-state index contributed by atoms with van der Waals surface area (Å²) < 4.78 is 23.1. The minimum atomic E-state index is -3.74. The van der Waals surface area contributed by atoms with Crippen molar-refractivity contribution in [2.75, 3.05) is 0 Å². The van der Waals surface area contributed by atoms with Gasteiger partial charge in [-0.3, -0.25) is 4.98 Å². The molecule has 0 aliphatic heterocycles. The van der Waals surface area contributed by atoms with Gasteiger partial charge >= 0.3 is 0 Å². The average molecular weight is 248 g/mol. The number of benzene rings is 1. The van der Waals surface area contributed by atoms with Crippen LogP contribution in [-0.4, -0.2) is 13.4 Å². The van der Waals surface area contributed by atoms with Crippen molar-refractivity contribution in [3.63, 3.8) is 0 Å². The minimum absolute atomic E-state index is 0.108. The molecule has 0 spiro atoms. The number of sulfonamides is 1. The molecule has 88 valence electrons. The Bertz CT molecular complexity index is 637. The highest BCUT2D eigenvalue weighted by Gasteiger charge is 2.17. The molecule has 0 bridgehead atoms. The summed E-state index contributed by atoms with van der Waals surface area (Å²) in [6.07, 6.45) is 1.62. The van der Waals surface area contributed by atoms with Crippen molar-refractivity contribution in [3.05, 3.63) is 48.2 Å². The number of hydrogen-bond donors (Lipinski definition) is 1. The van der Waals surface area contributed by atoms with E-state index in [1.807, 2.05) is 19.1 Å². The third-order valence-corrected chi connectivity index (χ3v) is 3.42. The first kappa shape index (κ1) is 11.8. The molecule has 0 aliphatic rings. The summed E-state index contributed by atoms with van der Waals surface area (Å²) in [5.74, 6) is 0. The molecule has 5 heteroatoms. The van der Waals surface area contributed by atoms with Crippen LogP contribution in [0.15, 0.2) is 47.5 Å². The summed E-state index contributed by atoms with van der Waals surface area (Å²) >= 11 is 0. The van der Waals surface area contributed by atoms with Crippen LogP contribution >= 0.6 is 0 Å². The summed E-state index contributed by atoms with van der Waals surface area (Å²) in [5.41, 5.74) is 2.00.